The Morgan fingerprint density at radius 3 is 1.92 bits per heavy atom. The van der Waals surface area contributed by atoms with E-state index in [2.05, 4.69) is 114 Å². The van der Waals surface area contributed by atoms with E-state index in [1.165, 1.54) is 33.3 Å². The number of hydrogen-bond acceptors (Lipinski definition) is 1. The summed E-state index contributed by atoms with van der Waals surface area (Å²) in [7, 11) is 2.18. The average molecular weight is 346 g/mol. The van der Waals surface area contributed by atoms with E-state index in [1.54, 1.807) is 0 Å². The van der Waals surface area contributed by atoms with Crippen molar-refractivity contribution >= 4 is 22.1 Å². The molecule has 0 aliphatic carbocycles. The van der Waals surface area contributed by atoms with Crippen LogP contribution in [0.15, 0.2) is 60.7 Å². The summed E-state index contributed by atoms with van der Waals surface area (Å²) in [5.41, 5.74) is 5.49. The Hall–Kier alpha value is -2.28. The number of anilines is 2. The van der Waals surface area contributed by atoms with Crippen LogP contribution in [-0.2, 0) is 10.8 Å². The molecule has 0 fully saturated rings. The van der Waals surface area contributed by atoms with E-state index in [9.17, 15) is 0 Å². The highest BCUT2D eigenvalue weighted by Crippen LogP contribution is 2.38. The Labute approximate surface area is 158 Å². The summed E-state index contributed by atoms with van der Waals surface area (Å²) in [6, 6.07) is 22.2. The fraction of sp³-hybridized carbons (Fsp3) is 0.360. The lowest BCUT2D eigenvalue weighted by molar-refractivity contribution is 0.577. The Bertz CT molecular complexity index is 923. The lowest BCUT2D eigenvalue weighted by Crippen LogP contribution is -2.21. The van der Waals surface area contributed by atoms with Gasteiger partial charge in [0.25, 0.3) is 0 Å². The van der Waals surface area contributed by atoms with Crippen molar-refractivity contribution < 1.29 is 0 Å². The first-order chi connectivity index (χ1) is 12.1. The molecule has 0 atom stereocenters. The summed E-state index contributed by atoms with van der Waals surface area (Å²) >= 11 is 0. The van der Waals surface area contributed by atoms with E-state index in [0.29, 0.717) is 0 Å². The molecule has 1 nitrogen and oxygen atoms in total. The first-order valence-electron chi connectivity index (χ1n) is 9.45. The minimum atomic E-state index is 0.0941. The number of hydrogen-bond donors (Lipinski definition) is 0. The Morgan fingerprint density at radius 2 is 1.31 bits per heavy atom. The highest BCUT2D eigenvalue weighted by Gasteiger charge is 2.23. The van der Waals surface area contributed by atoms with Crippen molar-refractivity contribution in [2.24, 2.45) is 0 Å². The van der Waals surface area contributed by atoms with Crippen LogP contribution in [0.3, 0.4) is 0 Å². The fourth-order valence-electron chi connectivity index (χ4n) is 3.43. The summed E-state index contributed by atoms with van der Waals surface area (Å²) in [5.74, 6) is 0. The maximum absolute atomic E-state index is 2.37. The van der Waals surface area contributed by atoms with Crippen LogP contribution in [0.2, 0.25) is 0 Å². The molecule has 0 saturated carbocycles. The molecular weight excluding hydrogens is 314 g/mol. The van der Waals surface area contributed by atoms with Gasteiger partial charge in [0.05, 0.1) is 0 Å². The molecule has 0 N–H and O–H groups in total. The molecular formula is C25H31N. The summed E-state index contributed by atoms with van der Waals surface area (Å²) in [6.07, 6.45) is 0. The predicted octanol–water partition coefficient (Wildman–Crippen LogP) is 7.20. The number of rotatable bonds is 2. The molecule has 0 radical (unpaired) electrons. The van der Waals surface area contributed by atoms with Gasteiger partial charge in [-0.2, -0.15) is 0 Å². The molecule has 3 aromatic rings. The second-order valence-corrected chi connectivity index (χ2v) is 9.32. The van der Waals surface area contributed by atoms with Gasteiger partial charge >= 0.3 is 0 Å². The molecule has 136 valence electrons. The highest BCUT2D eigenvalue weighted by molar-refractivity contribution is 5.87. The molecule has 0 saturated heterocycles. The molecule has 0 spiro atoms. The van der Waals surface area contributed by atoms with E-state index in [4.69, 9.17) is 0 Å². The molecule has 1 heteroatoms. The molecule has 0 aliphatic rings. The largest absolute Gasteiger partial charge is 0.344 e. The molecule has 3 aromatic carbocycles. The lowest BCUT2D eigenvalue weighted by Gasteiger charge is -2.31. The molecule has 0 aliphatic heterocycles. The van der Waals surface area contributed by atoms with Crippen molar-refractivity contribution in [3.63, 3.8) is 0 Å². The number of fused-ring (bicyclic) bond motifs is 1. The predicted molar refractivity (Wildman–Crippen MR) is 116 cm³/mol. The normalized spacial score (nSPS) is 12.4. The zero-order valence-electron chi connectivity index (χ0n) is 17.2. The molecule has 0 amide bonds. The number of nitrogens with zero attached hydrogens (tertiary/aromatic N) is 1. The van der Waals surface area contributed by atoms with Crippen molar-refractivity contribution in [3.05, 3.63) is 71.8 Å². The SMILES string of the molecule is CN(c1ccc2ccccc2c1)c1cc(C(C)(C)C)ccc1C(C)(C)C. The second kappa shape index (κ2) is 6.46. The van der Waals surface area contributed by atoms with Gasteiger partial charge < -0.3 is 4.90 Å². The zero-order chi connectivity index (χ0) is 19.1. The smallest absolute Gasteiger partial charge is 0.0449 e. The van der Waals surface area contributed by atoms with E-state index >= 15 is 0 Å². The van der Waals surface area contributed by atoms with Crippen LogP contribution in [0.4, 0.5) is 11.4 Å². The topological polar surface area (TPSA) is 3.24 Å². The van der Waals surface area contributed by atoms with Gasteiger partial charge in [-0.05, 0) is 50.9 Å². The molecule has 0 bridgehead atoms. The fourth-order valence-corrected chi connectivity index (χ4v) is 3.43. The standard InChI is InChI=1S/C25H31N/c1-24(2,3)20-13-15-22(25(4,5)6)23(17-20)26(7)21-14-12-18-10-8-9-11-19(18)16-21/h8-17H,1-7H3. The third-order valence-corrected chi connectivity index (χ3v) is 5.15. The maximum atomic E-state index is 2.37. The Kier molecular flexibility index (Phi) is 4.60. The Balaban J connectivity index is 2.15. The van der Waals surface area contributed by atoms with Crippen LogP contribution in [0.5, 0.6) is 0 Å². The van der Waals surface area contributed by atoms with Crippen LogP contribution in [0.25, 0.3) is 10.8 Å². The second-order valence-electron chi connectivity index (χ2n) is 9.32. The van der Waals surface area contributed by atoms with E-state index in [-0.39, 0.29) is 10.8 Å². The van der Waals surface area contributed by atoms with E-state index < -0.39 is 0 Å². The zero-order valence-corrected chi connectivity index (χ0v) is 17.2. The minimum absolute atomic E-state index is 0.0941. The molecule has 3 rings (SSSR count). The summed E-state index contributed by atoms with van der Waals surface area (Å²) in [6.45, 7) is 13.7. The van der Waals surface area contributed by atoms with Gasteiger partial charge in [0.2, 0.25) is 0 Å². The van der Waals surface area contributed by atoms with Gasteiger partial charge in [-0.3, -0.25) is 0 Å². The van der Waals surface area contributed by atoms with Gasteiger partial charge in [-0.25, -0.2) is 0 Å². The van der Waals surface area contributed by atoms with Gasteiger partial charge in [0, 0.05) is 18.4 Å². The van der Waals surface area contributed by atoms with E-state index in [0.717, 1.165) is 0 Å². The average Bonchev–Trinajstić information content (AvgIpc) is 2.58. The van der Waals surface area contributed by atoms with Crippen LogP contribution in [0.1, 0.15) is 52.7 Å². The summed E-state index contributed by atoms with van der Waals surface area (Å²) < 4.78 is 0. The lowest BCUT2D eigenvalue weighted by atomic mass is 9.80. The van der Waals surface area contributed by atoms with Crippen LogP contribution in [0, 0.1) is 0 Å². The first-order valence-corrected chi connectivity index (χ1v) is 9.45. The van der Waals surface area contributed by atoms with Gasteiger partial charge in [0.15, 0.2) is 0 Å². The van der Waals surface area contributed by atoms with Gasteiger partial charge in [-0.15, -0.1) is 0 Å². The van der Waals surface area contributed by atoms with Crippen LogP contribution < -0.4 is 4.90 Å². The maximum Gasteiger partial charge on any atom is 0.0449 e. The van der Waals surface area contributed by atoms with Gasteiger partial charge in [0.1, 0.15) is 0 Å². The summed E-state index contributed by atoms with van der Waals surface area (Å²) in [5, 5.41) is 2.56. The highest BCUT2D eigenvalue weighted by atomic mass is 15.1. The molecule has 0 aromatic heterocycles. The van der Waals surface area contributed by atoms with Crippen LogP contribution in [-0.4, -0.2) is 7.05 Å². The Morgan fingerprint density at radius 1 is 0.654 bits per heavy atom. The molecule has 26 heavy (non-hydrogen) atoms. The van der Waals surface area contributed by atoms with Gasteiger partial charge in [-0.1, -0.05) is 84.0 Å². The first kappa shape index (κ1) is 18.5. The number of benzene rings is 3. The summed E-state index contributed by atoms with van der Waals surface area (Å²) in [4.78, 5) is 2.34. The van der Waals surface area contributed by atoms with Crippen LogP contribution >= 0.6 is 0 Å². The van der Waals surface area contributed by atoms with Crippen molar-refractivity contribution in [1.82, 2.24) is 0 Å². The van der Waals surface area contributed by atoms with E-state index in [1.807, 2.05) is 0 Å². The monoisotopic (exact) mass is 345 g/mol. The van der Waals surface area contributed by atoms with Crippen molar-refractivity contribution in [1.29, 1.82) is 0 Å². The quantitative estimate of drug-likeness (QED) is 0.474. The third kappa shape index (κ3) is 3.62. The minimum Gasteiger partial charge on any atom is -0.344 e. The van der Waals surface area contributed by atoms with Crippen molar-refractivity contribution in [2.75, 3.05) is 11.9 Å². The third-order valence-electron chi connectivity index (χ3n) is 5.15. The molecule has 0 unspecified atom stereocenters. The molecule has 0 heterocycles. The van der Waals surface area contributed by atoms with Crippen molar-refractivity contribution in [2.45, 2.75) is 52.4 Å². The van der Waals surface area contributed by atoms with Crippen molar-refractivity contribution in [3.8, 4) is 0 Å².